The Morgan fingerprint density at radius 3 is 2.67 bits per heavy atom. The van der Waals surface area contributed by atoms with Crippen LogP contribution in [0.25, 0.3) is 0 Å². The Morgan fingerprint density at radius 1 is 1.50 bits per heavy atom. The molecule has 1 atom stereocenters. The zero-order chi connectivity index (χ0) is 14.0. The number of urea groups is 1. The molecule has 0 aliphatic carbocycles. The monoisotopic (exact) mass is 255 g/mol. The zero-order valence-corrected chi connectivity index (χ0v) is 11.0. The molecule has 0 aliphatic heterocycles. The normalized spacial score (nSPS) is 11.4. The van der Waals surface area contributed by atoms with E-state index in [-0.39, 0.29) is 18.5 Å². The van der Waals surface area contributed by atoms with Crippen LogP contribution in [0.1, 0.15) is 39.5 Å². The van der Waals surface area contributed by atoms with E-state index in [1.807, 2.05) is 19.9 Å². The van der Waals surface area contributed by atoms with Gasteiger partial charge in [0.2, 0.25) is 0 Å². The summed E-state index contributed by atoms with van der Waals surface area (Å²) in [5, 5.41) is 19.8. The molecule has 0 aliphatic rings. The molecule has 0 heterocycles. The summed E-state index contributed by atoms with van der Waals surface area (Å²) in [5.41, 5.74) is 0. The molecule has 102 valence electrons. The lowest BCUT2D eigenvalue weighted by Gasteiger charge is -2.23. The molecule has 0 fully saturated rings. The number of aliphatic carboxylic acids is 1. The fourth-order valence-electron chi connectivity index (χ4n) is 1.52. The minimum Gasteiger partial charge on any atom is -0.481 e. The van der Waals surface area contributed by atoms with Crippen molar-refractivity contribution in [1.82, 2.24) is 10.2 Å². The third kappa shape index (κ3) is 7.49. The zero-order valence-electron chi connectivity index (χ0n) is 11.0. The lowest BCUT2D eigenvalue weighted by molar-refractivity contribution is -0.137. The third-order valence-corrected chi connectivity index (χ3v) is 2.56. The topological polar surface area (TPSA) is 93.4 Å². The van der Waals surface area contributed by atoms with Crippen molar-refractivity contribution in [2.75, 3.05) is 13.1 Å². The van der Waals surface area contributed by atoms with Crippen molar-refractivity contribution in [3.05, 3.63) is 0 Å². The average Bonchev–Trinajstić information content (AvgIpc) is 2.29. The summed E-state index contributed by atoms with van der Waals surface area (Å²) in [5.74, 6) is -0.822. The highest BCUT2D eigenvalue weighted by Gasteiger charge is 2.13. The number of nitrogens with one attached hydrogen (secondary N) is 1. The maximum atomic E-state index is 11.8. The SMILES string of the molecule is CCN(CCC#N)C(=O)NC(C)CCCC(=O)O. The fraction of sp³-hybridized carbons (Fsp3) is 0.750. The standard InChI is InChI=1S/C12H21N3O3/c1-3-15(9-5-8-13)12(18)14-10(2)6-4-7-11(16)17/h10H,3-7,9H2,1-2H3,(H,14,18)(H,16,17). The van der Waals surface area contributed by atoms with E-state index in [0.29, 0.717) is 32.4 Å². The molecule has 0 radical (unpaired) electrons. The third-order valence-electron chi connectivity index (χ3n) is 2.56. The van der Waals surface area contributed by atoms with Crippen LogP contribution in [0.15, 0.2) is 0 Å². The molecule has 18 heavy (non-hydrogen) atoms. The smallest absolute Gasteiger partial charge is 0.317 e. The van der Waals surface area contributed by atoms with Crippen molar-refractivity contribution < 1.29 is 14.7 Å². The van der Waals surface area contributed by atoms with Crippen molar-refractivity contribution in [2.45, 2.75) is 45.6 Å². The molecular formula is C12H21N3O3. The maximum Gasteiger partial charge on any atom is 0.317 e. The quantitative estimate of drug-likeness (QED) is 0.688. The number of nitriles is 1. The van der Waals surface area contributed by atoms with Crippen molar-refractivity contribution in [2.24, 2.45) is 0 Å². The number of amides is 2. The van der Waals surface area contributed by atoms with Gasteiger partial charge < -0.3 is 15.3 Å². The molecule has 0 aromatic heterocycles. The first-order chi connectivity index (χ1) is 8.51. The first kappa shape index (κ1) is 16.2. The second kappa shape index (κ2) is 9.28. The van der Waals surface area contributed by atoms with Crippen LogP contribution in [-0.2, 0) is 4.79 Å². The first-order valence-corrected chi connectivity index (χ1v) is 6.15. The minimum absolute atomic E-state index is 0.0621. The van der Waals surface area contributed by atoms with Gasteiger partial charge in [0.1, 0.15) is 0 Å². The summed E-state index contributed by atoms with van der Waals surface area (Å²) in [6, 6.07) is 1.74. The number of carboxylic acids is 1. The molecular weight excluding hydrogens is 234 g/mol. The Morgan fingerprint density at radius 2 is 2.17 bits per heavy atom. The molecule has 6 heteroatoms. The Balaban J connectivity index is 3.96. The molecule has 0 rings (SSSR count). The summed E-state index contributed by atoms with van der Waals surface area (Å²) in [6.45, 7) is 4.67. The number of rotatable bonds is 8. The molecule has 6 nitrogen and oxygen atoms in total. The molecule has 0 bridgehead atoms. The van der Waals surface area contributed by atoms with Gasteiger partial charge in [0, 0.05) is 25.6 Å². The predicted molar refractivity (Wildman–Crippen MR) is 67.0 cm³/mol. The lowest BCUT2D eigenvalue weighted by Crippen LogP contribution is -2.44. The van der Waals surface area contributed by atoms with Crippen LogP contribution in [-0.4, -0.2) is 41.1 Å². The highest BCUT2D eigenvalue weighted by atomic mass is 16.4. The second-order valence-corrected chi connectivity index (χ2v) is 4.12. The van der Waals surface area contributed by atoms with Crippen LogP contribution in [0.5, 0.6) is 0 Å². The summed E-state index contributed by atoms with van der Waals surface area (Å²) >= 11 is 0. The molecule has 0 aromatic carbocycles. The van der Waals surface area contributed by atoms with Gasteiger partial charge in [0.05, 0.1) is 12.5 Å². The van der Waals surface area contributed by atoms with E-state index in [2.05, 4.69) is 5.32 Å². The van der Waals surface area contributed by atoms with Crippen molar-refractivity contribution in [1.29, 1.82) is 5.26 Å². The van der Waals surface area contributed by atoms with Gasteiger partial charge >= 0.3 is 12.0 Å². The Bertz CT molecular complexity index is 312. The fourth-order valence-corrected chi connectivity index (χ4v) is 1.52. The van der Waals surface area contributed by atoms with Gasteiger partial charge in [-0.05, 0) is 26.7 Å². The highest BCUT2D eigenvalue weighted by Crippen LogP contribution is 2.02. The number of carbonyl (C=O) groups is 2. The van der Waals surface area contributed by atoms with Crippen molar-refractivity contribution in [3.8, 4) is 6.07 Å². The lowest BCUT2D eigenvalue weighted by atomic mass is 10.1. The van der Waals surface area contributed by atoms with Gasteiger partial charge in [0.15, 0.2) is 0 Å². The summed E-state index contributed by atoms with van der Waals surface area (Å²) in [4.78, 5) is 23.7. The van der Waals surface area contributed by atoms with Gasteiger partial charge in [-0.2, -0.15) is 5.26 Å². The number of hydrogen-bond acceptors (Lipinski definition) is 3. The van der Waals surface area contributed by atoms with Crippen LogP contribution in [0, 0.1) is 11.3 Å². The van der Waals surface area contributed by atoms with Gasteiger partial charge in [0.25, 0.3) is 0 Å². The van der Waals surface area contributed by atoms with Gasteiger partial charge in [-0.15, -0.1) is 0 Å². The molecule has 0 saturated carbocycles. The molecule has 0 saturated heterocycles. The van der Waals surface area contributed by atoms with E-state index in [1.54, 1.807) is 4.90 Å². The summed E-state index contributed by atoms with van der Waals surface area (Å²) < 4.78 is 0. The molecule has 2 amide bonds. The van der Waals surface area contributed by atoms with E-state index < -0.39 is 5.97 Å². The van der Waals surface area contributed by atoms with Crippen molar-refractivity contribution >= 4 is 12.0 Å². The van der Waals surface area contributed by atoms with Crippen molar-refractivity contribution in [3.63, 3.8) is 0 Å². The van der Waals surface area contributed by atoms with E-state index >= 15 is 0 Å². The summed E-state index contributed by atoms with van der Waals surface area (Å²) in [6.07, 6.45) is 1.61. The molecule has 0 aromatic rings. The Labute approximate surface area is 108 Å². The van der Waals surface area contributed by atoms with E-state index in [4.69, 9.17) is 10.4 Å². The van der Waals surface area contributed by atoms with Crippen LogP contribution < -0.4 is 5.32 Å². The molecule has 1 unspecified atom stereocenters. The summed E-state index contributed by atoms with van der Waals surface area (Å²) in [7, 11) is 0. The van der Waals surface area contributed by atoms with Crippen LogP contribution in [0.4, 0.5) is 4.79 Å². The van der Waals surface area contributed by atoms with E-state index in [0.717, 1.165) is 0 Å². The van der Waals surface area contributed by atoms with Crippen LogP contribution >= 0.6 is 0 Å². The second-order valence-electron chi connectivity index (χ2n) is 4.12. The van der Waals surface area contributed by atoms with Gasteiger partial charge in [-0.1, -0.05) is 0 Å². The van der Waals surface area contributed by atoms with E-state index in [9.17, 15) is 9.59 Å². The number of carbonyl (C=O) groups excluding carboxylic acids is 1. The highest BCUT2D eigenvalue weighted by molar-refractivity contribution is 5.74. The molecule has 2 N–H and O–H groups in total. The Hall–Kier alpha value is -1.77. The van der Waals surface area contributed by atoms with E-state index in [1.165, 1.54) is 0 Å². The van der Waals surface area contributed by atoms with Crippen LogP contribution in [0.3, 0.4) is 0 Å². The van der Waals surface area contributed by atoms with Crippen LogP contribution in [0.2, 0.25) is 0 Å². The number of carboxylic acid groups (broad SMARTS) is 1. The number of hydrogen-bond donors (Lipinski definition) is 2. The van der Waals surface area contributed by atoms with Gasteiger partial charge in [-0.25, -0.2) is 4.79 Å². The Kier molecular flexibility index (Phi) is 8.37. The average molecular weight is 255 g/mol. The molecule has 0 spiro atoms. The predicted octanol–water partition coefficient (Wildman–Crippen LogP) is 1.57. The first-order valence-electron chi connectivity index (χ1n) is 6.15. The van der Waals surface area contributed by atoms with Gasteiger partial charge in [-0.3, -0.25) is 4.79 Å². The number of nitrogens with zero attached hydrogens (tertiary/aromatic N) is 2. The minimum atomic E-state index is -0.822. The maximum absolute atomic E-state index is 11.8. The largest absolute Gasteiger partial charge is 0.481 e.